The summed E-state index contributed by atoms with van der Waals surface area (Å²) >= 11 is 0. The maximum atomic E-state index is 12.1. The molecular weight excluding hydrogens is 266 g/mol. The summed E-state index contributed by atoms with van der Waals surface area (Å²) in [6, 6.07) is 2.01. The number of carbonyl (C=O) groups is 1. The van der Waals surface area contributed by atoms with Gasteiger partial charge in [0, 0.05) is 37.3 Å². The molecule has 116 valence electrons. The van der Waals surface area contributed by atoms with E-state index in [1.807, 2.05) is 6.07 Å². The van der Waals surface area contributed by atoms with Crippen molar-refractivity contribution in [2.75, 3.05) is 18.5 Å². The van der Waals surface area contributed by atoms with Crippen LogP contribution in [0.25, 0.3) is 0 Å². The van der Waals surface area contributed by atoms with Crippen LogP contribution >= 0.6 is 0 Å². The van der Waals surface area contributed by atoms with Crippen LogP contribution in [0.2, 0.25) is 0 Å². The van der Waals surface area contributed by atoms with Gasteiger partial charge in [-0.1, -0.05) is 19.3 Å². The van der Waals surface area contributed by atoms with Crippen molar-refractivity contribution in [2.24, 2.45) is 5.92 Å². The highest BCUT2D eigenvalue weighted by molar-refractivity contribution is 5.89. The Morgan fingerprint density at radius 3 is 2.76 bits per heavy atom. The highest BCUT2D eigenvalue weighted by atomic mass is 16.5. The van der Waals surface area contributed by atoms with Crippen LogP contribution in [-0.4, -0.2) is 29.3 Å². The van der Waals surface area contributed by atoms with Crippen molar-refractivity contribution in [3.8, 4) is 0 Å². The van der Waals surface area contributed by atoms with Crippen LogP contribution < -0.4 is 5.32 Å². The highest BCUT2D eigenvalue weighted by Gasteiger charge is 2.20. The number of hydrogen-bond donors (Lipinski definition) is 2. The Hall–Kier alpha value is -1.36. The Morgan fingerprint density at radius 1 is 1.24 bits per heavy atom. The standard InChI is InChI=1S/C16H25N3O2/c20-16(10-12-6-8-21-9-7-12)17-15-11-14(18-19-15)13-4-2-1-3-5-13/h11-13H,1-10H2,(H2,17,18,19,20). The van der Waals surface area contributed by atoms with Gasteiger partial charge >= 0.3 is 0 Å². The third kappa shape index (κ3) is 4.06. The first kappa shape index (κ1) is 14.6. The van der Waals surface area contributed by atoms with Gasteiger partial charge in [0.2, 0.25) is 5.91 Å². The molecule has 1 aliphatic heterocycles. The molecule has 0 bridgehead atoms. The number of aromatic amines is 1. The normalized spacial score (nSPS) is 21.3. The fourth-order valence-electron chi connectivity index (χ4n) is 3.43. The van der Waals surface area contributed by atoms with Crippen molar-refractivity contribution in [3.63, 3.8) is 0 Å². The monoisotopic (exact) mass is 291 g/mol. The molecule has 5 nitrogen and oxygen atoms in total. The topological polar surface area (TPSA) is 67.0 Å². The molecule has 5 heteroatoms. The fraction of sp³-hybridized carbons (Fsp3) is 0.750. The van der Waals surface area contributed by atoms with Gasteiger partial charge in [-0.05, 0) is 31.6 Å². The Bertz CT molecular complexity index is 460. The lowest BCUT2D eigenvalue weighted by atomic mass is 9.87. The number of H-pyrrole nitrogens is 1. The second-order valence-electron chi connectivity index (χ2n) is 6.35. The molecule has 2 aliphatic rings. The molecule has 1 aromatic rings. The van der Waals surface area contributed by atoms with Crippen molar-refractivity contribution in [2.45, 2.75) is 57.3 Å². The lowest BCUT2D eigenvalue weighted by molar-refractivity contribution is -0.117. The molecule has 1 saturated carbocycles. The predicted octanol–water partition coefficient (Wildman–Crippen LogP) is 3.21. The molecule has 2 fully saturated rings. The van der Waals surface area contributed by atoms with Gasteiger partial charge in [0.25, 0.3) is 0 Å². The van der Waals surface area contributed by atoms with Crippen LogP contribution in [0.1, 0.15) is 63.0 Å². The van der Waals surface area contributed by atoms with Gasteiger partial charge in [0.1, 0.15) is 0 Å². The van der Waals surface area contributed by atoms with Crippen LogP contribution in [0, 0.1) is 5.92 Å². The zero-order valence-corrected chi connectivity index (χ0v) is 12.6. The molecule has 2 N–H and O–H groups in total. The van der Waals surface area contributed by atoms with Crippen molar-refractivity contribution >= 4 is 11.7 Å². The molecule has 0 atom stereocenters. The molecule has 2 heterocycles. The number of nitrogens with zero attached hydrogens (tertiary/aromatic N) is 1. The maximum absolute atomic E-state index is 12.1. The van der Waals surface area contributed by atoms with Crippen molar-refractivity contribution in [3.05, 3.63) is 11.8 Å². The molecule has 0 unspecified atom stereocenters. The zero-order chi connectivity index (χ0) is 14.5. The van der Waals surface area contributed by atoms with E-state index in [-0.39, 0.29) is 5.91 Å². The number of ether oxygens (including phenoxy) is 1. The first-order valence-corrected chi connectivity index (χ1v) is 8.24. The van der Waals surface area contributed by atoms with Gasteiger partial charge in [-0.15, -0.1) is 0 Å². The lowest BCUT2D eigenvalue weighted by Crippen LogP contribution is -2.22. The summed E-state index contributed by atoms with van der Waals surface area (Å²) in [5, 5.41) is 10.3. The van der Waals surface area contributed by atoms with Crippen molar-refractivity contribution in [1.29, 1.82) is 0 Å². The van der Waals surface area contributed by atoms with Gasteiger partial charge in [-0.3, -0.25) is 9.89 Å². The van der Waals surface area contributed by atoms with Crippen LogP contribution in [0.15, 0.2) is 6.07 Å². The molecule has 0 radical (unpaired) electrons. The van der Waals surface area contributed by atoms with Gasteiger partial charge in [0.05, 0.1) is 0 Å². The van der Waals surface area contributed by atoms with Gasteiger partial charge in [-0.2, -0.15) is 5.10 Å². The van der Waals surface area contributed by atoms with E-state index in [9.17, 15) is 4.79 Å². The van der Waals surface area contributed by atoms with Crippen molar-refractivity contribution in [1.82, 2.24) is 10.2 Å². The number of hydrogen-bond acceptors (Lipinski definition) is 3. The van der Waals surface area contributed by atoms with E-state index in [1.54, 1.807) is 0 Å². The molecule has 21 heavy (non-hydrogen) atoms. The van der Waals surface area contributed by atoms with Gasteiger partial charge < -0.3 is 10.1 Å². The Labute approximate surface area is 125 Å². The minimum atomic E-state index is 0.0728. The Balaban J connectivity index is 1.50. The number of carbonyl (C=O) groups excluding carboxylic acids is 1. The molecule has 1 saturated heterocycles. The summed E-state index contributed by atoms with van der Waals surface area (Å²) in [6.45, 7) is 1.57. The number of rotatable bonds is 4. The smallest absolute Gasteiger partial charge is 0.225 e. The third-order valence-electron chi connectivity index (χ3n) is 4.73. The average molecular weight is 291 g/mol. The molecule has 3 rings (SSSR count). The molecule has 0 aromatic carbocycles. The quantitative estimate of drug-likeness (QED) is 0.895. The summed E-state index contributed by atoms with van der Waals surface area (Å²) in [6.07, 6.45) is 8.97. The summed E-state index contributed by atoms with van der Waals surface area (Å²) < 4.78 is 5.32. The summed E-state index contributed by atoms with van der Waals surface area (Å²) in [7, 11) is 0. The largest absolute Gasteiger partial charge is 0.381 e. The van der Waals surface area contributed by atoms with E-state index < -0.39 is 0 Å². The number of anilines is 1. The minimum Gasteiger partial charge on any atom is -0.381 e. The van der Waals surface area contributed by atoms with Crippen LogP contribution in [0.5, 0.6) is 0 Å². The second kappa shape index (κ2) is 7.07. The van der Waals surface area contributed by atoms with Crippen molar-refractivity contribution < 1.29 is 9.53 Å². The molecule has 1 aromatic heterocycles. The van der Waals surface area contributed by atoms with E-state index in [2.05, 4.69) is 15.5 Å². The maximum Gasteiger partial charge on any atom is 0.225 e. The van der Waals surface area contributed by atoms with E-state index in [4.69, 9.17) is 4.74 Å². The number of amides is 1. The minimum absolute atomic E-state index is 0.0728. The molecular formula is C16H25N3O2. The van der Waals surface area contributed by atoms with E-state index in [0.717, 1.165) is 26.1 Å². The molecule has 1 aliphatic carbocycles. The predicted molar refractivity (Wildman–Crippen MR) is 81.2 cm³/mol. The lowest BCUT2D eigenvalue weighted by Gasteiger charge is -2.21. The second-order valence-corrected chi connectivity index (χ2v) is 6.35. The van der Waals surface area contributed by atoms with Crippen LogP contribution in [-0.2, 0) is 9.53 Å². The Kier molecular flexibility index (Phi) is 4.91. The van der Waals surface area contributed by atoms with Gasteiger partial charge in [-0.25, -0.2) is 0 Å². The summed E-state index contributed by atoms with van der Waals surface area (Å²) in [5.74, 6) is 1.79. The fourth-order valence-corrected chi connectivity index (χ4v) is 3.43. The van der Waals surface area contributed by atoms with E-state index in [0.29, 0.717) is 24.1 Å². The van der Waals surface area contributed by atoms with E-state index >= 15 is 0 Å². The summed E-state index contributed by atoms with van der Waals surface area (Å²) in [4.78, 5) is 12.1. The van der Waals surface area contributed by atoms with Crippen LogP contribution in [0.4, 0.5) is 5.82 Å². The molecule has 1 amide bonds. The first-order chi connectivity index (χ1) is 10.3. The number of aromatic nitrogens is 2. The summed E-state index contributed by atoms with van der Waals surface area (Å²) in [5.41, 5.74) is 1.18. The zero-order valence-electron chi connectivity index (χ0n) is 12.6. The van der Waals surface area contributed by atoms with Gasteiger partial charge in [0.15, 0.2) is 5.82 Å². The highest BCUT2D eigenvalue weighted by Crippen LogP contribution is 2.32. The number of nitrogens with one attached hydrogen (secondary N) is 2. The first-order valence-electron chi connectivity index (χ1n) is 8.24. The Morgan fingerprint density at radius 2 is 2.00 bits per heavy atom. The van der Waals surface area contributed by atoms with E-state index in [1.165, 1.54) is 37.8 Å². The molecule has 0 spiro atoms. The SMILES string of the molecule is O=C(CC1CCOCC1)Nc1cc(C2CCCCC2)[nH]n1. The third-order valence-corrected chi connectivity index (χ3v) is 4.73. The van der Waals surface area contributed by atoms with Crippen LogP contribution in [0.3, 0.4) is 0 Å². The average Bonchev–Trinajstić information content (AvgIpc) is 2.97.